The fourth-order valence-corrected chi connectivity index (χ4v) is 2.15. The number of ketones is 1. The number of aliphatic hydroxyl groups excluding tert-OH is 4. The SMILES string of the molecule is CC(=O)c1ccccc1O[C@H]1O[C@H](CO)[C@H](O)[C@@H](O)[C@H]1O. The molecule has 7 nitrogen and oxygen atoms in total. The first-order valence-corrected chi connectivity index (χ1v) is 6.53. The third kappa shape index (κ3) is 3.22. The van der Waals surface area contributed by atoms with Gasteiger partial charge in [-0.3, -0.25) is 4.79 Å². The quantitative estimate of drug-likeness (QED) is 0.530. The Bertz CT molecular complexity index is 502. The van der Waals surface area contributed by atoms with Gasteiger partial charge in [0, 0.05) is 0 Å². The van der Waals surface area contributed by atoms with E-state index in [-0.39, 0.29) is 11.5 Å². The maximum atomic E-state index is 11.5. The van der Waals surface area contributed by atoms with Gasteiger partial charge in [-0.15, -0.1) is 0 Å². The lowest BCUT2D eigenvalue weighted by Gasteiger charge is -2.39. The Balaban J connectivity index is 2.20. The Morgan fingerprint density at radius 1 is 1.19 bits per heavy atom. The number of Topliss-reactive ketones (excluding diaryl/α,β-unsaturated/α-hetero) is 1. The number of carbonyl (C=O) groups excluding carboxylic acids is 1. The Morgan fingerprint density at radius 2 is 1.86 bits per heavy atom. The molecule has 1 heterocycles. The van der Waals surface area contributed by atoms with Crippen molar-refractivity contribution >= 4 is 5.78 Å². The van der Waals surface area contributed by atoms with Crippen molar-refractivity contribution in [1.82, 2.24) is 0 Å². The molecule has 1 aliphatic rings. The zero-order chi connectivity index (χ0) is 15.6. The molecular formula is C14H18O7. The summed E-state index contributed by atoms with van der Waals surface area (Å²) in [5.41, 5.74) is 0.300. The number of rotatable bonds is 4. The first-order chi connectivity index (χ1) is 9.95. The van der Waals surface area contributed by atoms with Crippen LogP contribution in [-0.2, 0) is 4.74 Å². The lowest BCUT2D eigenvalue weighted by molar-refractivity contribution is -0.277. The minimum Gasteiger partial charge on any atom is -0.461 e. The molecule has 0 bridgehead atoms. The maximum absolute atomic E-state index is 11.5. The first kappa shape index (κ1) is 15.9. The van der Waals surface area contributed by atoms with E-state index in [1.807, 2.05) is 0 Å². The minimum absolute atomic E-state index is 0.189. The molecule has 0 spiro atoms. The summed E-state index contributed by atoms with van der Waals surface area (Å²) in [6.07, 6.45) is -6.85. The number of aliphatic hydroxyl groups is 4. The van der Waals surface area contributed by atoms with E-state index in [9.17, 15) is 20.1 Å². The number of ether oxygens (including phenoxy) is 2. The molecular weight excluding hydrogens is 280 g/mol. The second-order valence-corrected chi connectivity index (χ2v) is 4.87. The zero-order valence-corrected chi connectivity index (χ0v) is 11.4. The molecule has 116 valence electrons. The Hall–Kier alpha value is -1.51. The highest BCUT2D eigenvalue weighted by atomic mass is 16.7. The van der Waals surface area contributed by atoms with Crippen molar-refractivity contribution in [1.29, 1.82) is 0 Å². The third-order valence-corrected chi connectivity index (χ3v) is 3.36. The summed E-state index contributed by atoms with van der Waals surface area (Å²) >= 11 is 0. The molecule has 4 N–H and O–H groups in total. The molecule has 1 aromatic carbocycles. The predicted molar refractivity (Wildman–Crippen MR) is 70.8 cm³/mol. The van der Waals surface area contributed by atoms with Crippen molar-refractivity contribution in [2.75, 3.05) is 6.61 Å². The van der Waals surface area contributed by atoms with Gasteiger partial charge in [-0.25, -0.2) is 0 Å². The molecule has 21 heavy (non-hydrogen) atoms. The standard InChI is InChI=1S/C14H18O7/c1-7(16)8-4-2-3-5-9(8)20-14-13(19)12(18)11(17)10(6-15)21-14/h2-5,10-15,17-19H,6H2,1H3/t10-,11+,12-,13-,14+/m1/s1. The van der Waals surface area contributed by atoms with Crippen LogP contribution in [0.1, 0.15) is 17.3 Å². The van der Waals surface area contributed by atoms with Crippen LogP contribution in [0.25, 0.3) is 0 Å². The van der Waals surface area contributed by atoms with Crippen LogP contribution in [0.5, 0.6) is 5.75 Å². The van der Waals surface area contributed by atoms with E-state index in [0.717, 1.165) is 0 Å². The number of benzene rings is 1. The number of hydrogen-bond acceptors (Lipinski definition) is 7. The number of para-hydroxylation sites is 1. The average molecular weight is 298 g/mol. The van der Waals surface area contributed by atoms with Gasteiger partial charge >= 0.3 is 0 Å². The smallest absolute Gasteiger partial charge is 0.229 e. The van der Waals surface area contributed by atoms with E-state index < -0.39 is 37.3 Å². The Kier molecular flexibility index (Phi) is 4.92. The molecule has 0 unspecified atom stereocenters. The molecule has 5 atom stereocenters. The van der Waals surface area contributed by atoms with Crippen LogP contribution < -0.4 is 4.74 Å². The highest BCUT2D eigenvalue weighted by Gasteiger charge is 2.44. The van der Waals surface area contributed by atoms with Gasteiger partial charge in [-0.1, -0.05) is 12.1 Å². The molecule has 1 aromatic rings. The average Bonchev–Trinajstić information content (AvgIpc) is 2.48. The van der Waals surface area contributed by atoms with Crippen LogP contribution in [0, 0.1) is 0 Å². The minimum atomic E-state index is -1.52. The number of hydrogen-bond donors (Lipinski definition) is 4. The lowest BCUT2D eigenvalue weighted by Crippen LogP contribution is -2.60. The van der Waals surface area contributed by atoms with Gasteiger partial charge in [0.1, 0.15) is 30.2 Å². The summed E-state index contributed by atoms with van der Waals surface area (Å²) in [7, 11) is 0. The van der Waals surface area contributed by atoms with Gasteiger partial charge < -0.3 is 29.9 Å². The van der Waals surface area contributed by atoms with Crippen LogP contribution in [-0.4, -0.2) is 63.5 Å². The van der Waals surface area contributed by atoms with Gasteiger partial charge in [-0.2, -0.15) is 0 Å². The maximum Gasteiger partial charge on any atom is 0.229 e. The van der Waals surface area contributed by atoms with Crippen molar-refractivity contribution < 1.29 is 34.7 Å². The van der Waals surface area contributed by atoms with Crippen LogP contribution in [0.2, 0.25) is 0 Å². The van der Waals surface area contributed by atoms with Crippen molar-refractivity contribution in [3.63, 3.8) is 0 Å². The van der Waals surface area contributed by atoms with Gasteiger partial charge in [0.05, 0.1) is 12.2 Å². The zero-order valence-electron chi connectivity index (χ0n) is 11.4. The van der Waals surface area contributed by atoms with E-state index in [1.54, 1.807) is 18.2 Å². The van der Waals surface area contributed by atoms with E-state index in [0.29, 0.717) is 5.56 Å². The molecule has 0 amide bonds. The van der Waals surface area contributed by atoms with Crippen LogP contribution in [0.4, 0.5) is 0 Å². The van der Waals surface area contributed by atoms with Crippen molar-refractivity contribution in [3.05, 3.63) is 29.8 Å². The summed E-state index contributed by atoms with van der Waals surface area (Å²) in [4.78, 5) is 11.5. The highest BCUT2D eigenvalue weighted by molar-refractivity contribution is 5.96. The largest absolute Gasteiger partial charge is 0.461 e. The lowest BCUT2D eigenvalue weighted by atomic mass is 9.99. The first-order valence-electron chi connectivity index (χ1n) is 6.53. The van der Waals surface area contributed by atoms with Gasteiger partial charge in [0.15, 0.2) is 5.78 Å². The summed E-state index contributed by atoms with van der Waals surface area (Å²) < 4.78 is 10.7. The summed E-state index contributed by atoms with van der Waals surface area (Å²) in [6, 6.07) is 6.39. The molecule has 1 fully saturated rings. The molecule has 0 radical (unpaired) electrons. The molecule has 0 aliphatic carbocycles. The van der Waals surface area contributed by atoms with Crippen molar-refractivity contribution in [3.8, 4) is 5.75 Å². The fourth-order valence-electron chi connectivity index (χ4n) is 2.15. The van der Waals surface area contributed by atoms with E-state index in [2.05, 4.69) is 0 Å². The Labute approximate surface area is 121 Å². The topological polar surface area (TPSA) is 116 Å². The molecule has 0 aromatic heterocycles. The highest BCUT2D eigenvalue weighted by Crippen LogP contribution is 2.26. The number of carbonyl (C=O) groups is 1. The second kappa shape index (κ2) is 6.50. The van der Waals surface area contributed by atoms with Gasteiger partial charge in [0.25, 0.3) is 0 Å². The predicted octanol–water partition coefficient (Wildman–Crippen LogP) is -0.932. The molecule has 2 rings (SSSR count). The monoisotopic (exact) mass is 298 g/mol. The molecule has 1 aliphatic heterocycles. The molecule has 0 saturated carbocycles. The third-order valence-electron chi connectivity index (χ3n) is 3.36. The normalized spacial score (nSPS) is 32.7. The molecule has 7 heteroatoms. The van der Waals surface area contributed by atoms with Crippen molar-refractivity contribution in [2.45, 2.75) is 37.6 Å². The van der Waals surface area contributed by atoms with E-state index in [1.165, 1.54) is 13.0 Å². The summed E-state index contributed by atoms with van der Waals surface area (Å²) in [5.74, 6) is -0.0375. The van der Waals surface area contributed by atoms with Crippen LogP contribution in [0.15, 0.2) is 24.3 Å². The van der Waals surface area contributed by atoms with Crippen LogP contribution in [0.3, 0.4) is 0 Å². The van der Waals surface area contributed by atoms with E-state index >= 15 is 0 Å². The Morgan fingerprint density at radius 3 is 2.48 bits per heavy atom. The van der Waals surface area contributed by atoms with Crippen LogP contribution >= 0.6 is 0 Å². The van der Waals surface area contributed by atoms with Gasteiger partial charge in [0.2, 0.25) is 6.29 Å². The van der Waals surface area contributed by atoms with Crippen molar-refractivity contribution in [2.24, 2.45) is 0 Å². The van der Waals surface area contributed by atoms with Gasteiger partial charge in [-0.05, 0) is 19.1 Å². The summed E-state index contributed by atoms with van der Waals surface area (Å²) in [6.45, 7) is 0.828. The molecule has 1 saturated heterocycles. The fraction of sp³-hybridized carbons (Fsp3) is 0.500. The summed E-state index contributed by atoms with van der Waals surface area (Å²) in [5, 5.41) is 38.4. The second-order valence-electron chi connectivity index (χ2n) is 4.87. The van der Waals surface area contributed by atoms with E-state index in [4.69, 9.17) is 14.6 Å².